The summed E-state index contributed by atoms with van der Waals surface area (Å²) in [4.78, 5) is 19.8. The van der Waals surface area contributed by atoms with Crippen LogP contribution in [0.4, 0.5) is 0 Å². The smallest absolute Gasteiger partial charge is 0.236 e. The predicted octanol–water partition coefficient (Wildman–Crippen LogP) is 1.86. The minimum absolute atomic E-state index is 0.00530. The molecular weight excluding hydrogens is 316 g/mol. The minimum atomic E-state index is -0.310. The van der Waals surface area contributed by atoms with Gasteiger partial charge in [-0.1, -0.05) is 6.07 Å². The first-order chi connectivity index (χ1) is 11.1. The summed E-state index contributed by atoms with van der Waals surface area (Å²) in [5.41, 5.74) is 0.664. The van der Waals surface area contributed by atoms with E-state index in [0.717, 1.165) is 4.88 Å². The first-order valence-electron chi connectivity index (χ1n) is 7.60. The van der Waals surface area contributed by atoms with Gasteiger partial charge in [-0.2, -0.15) is 0 Å². The van der Waals surface area contributed by atoms with Crippen molar-refractivity contribution in [3.05, 3.63) is 29.0 Å². The highest BCUT2D eigenvalue weighted by Crippen LogP contribution is 2.26. The third-order valence-corrected chi connectivity index (χ3v) is 4.83. The molecule has 2 aromatic rings. The molecule has 23 heavy (non-hydrogen) atoms. The Morgan fingerprint density at radius 3 is 3.09 bits per heavy atom. The van der Waals surface area contributed by atoms with E-state index in [1.54, 1.807) is 16.2 Å². The van der Waals surface area contributed by atoms with Gasteiger partial charge in [-0.3, -0.25) is 4.79 Å². The number of carbonyl (C=O) groups is 1. The fourth-order valence-electron chi connectivity index (χ4n) is 2.62. The molecule has 0 radical (unpaired) electrons. The molecular formula is C16H20N2O4S. The molecule has 3 rings (SSSR count). The number of aliphatic hydroxyl groups excluding tert-OH is 1. The fourth-order valence-corrected chi connectivity index (χ4v) is 3.27. The van der Waals surface area contributed by atoms with E-state index in [1.807, 2.05) is 31.4 Å². The molecule has 1 aliphatic heterocycles. The maximum atomic E-state index is 12.6. The number of aliphatic hydroxyl groups is 1. The van der Waals surface area contributed by atoms with Crippen LogP contribution in [0.1, 0.15) is 18.4 Å². The largest absolute Gasteiger partial charge is 0.440 e. The number of hydrogen-bond donors (Lipinski definition) is 1. The molecule has 6 nitrogen and oxygen atoms in total. The van der Waals surface area contributed by atoms with Gasteiger partial charge in [0.25, 0.3) is 0 Å². The molecule has 0 aliphatic carbocycles. The lowest BCUT2D eigenvalue weighted by Gasteiger charge is -2.37. The second-order valence-corrected chi connectivity index (χ2v) is 6.66. The van der Waals surface area contributed by atoms with Gasteiger partial charge in [-0.25, -0.2) is 4.98 Å². The summed E-state index contributed by atoms with van der Waals surface area (Å²) in [6.07, 6.45) is -0.112. The quantitative estimate of drug-likeness (QED) is 0.922. The van der Waals surface area contributed by atoms with E-state index in [4.69, 9.17) is 9.15 Å². The Balaban J connectivity index is 1.72. The van der Waals surface area contributed by atoms with Crippen molar-refractivity contribution in [2.75, 3.05) is 19.8 Å². The van der Waals surface area contributed by atoms with E-state index in [0.29, 0.717) is 30.5 Å². The average Bonchev–Trinajstić information content (AvgIpc) is 3.18. The predicted molar refractivity (Wildman–Crippen MR) is 86.3 cm³/mol. The SMILES string of the molecule is Cc1oc(-c2cccs2)nc1CC(=O)N1CC(CO)OCC1C. The highest BCUT2D eigenvalue weighted by Gasteiger charge is 2.30. The number of hydrogen-bond acceptors (Lipinski definition) is 6. The van der Waals surface area contributed by atoms with Crippen molar-refractivity contribution in [2.45, 2.75) is 32.4 Å². The zero-order valence-corrected chi connectivity index (χ0v) is 14.0. The third kappa shape index (κ3) is 3.46. The van der Waals surface area contributed by atoms with Crippen LogP contribution in [0, 0.1) is 6.92 Å². The molecule has 2 atom stereocenters. The molecule has 7 heteroatoms. The normalized spacial score (nSPS) is 21.6. The Labute approximate surface area is 138 Å². The maximum absolute atomic E-state index is 12.6. The fraction of sp³-hybridized carbons (Fsp3) is 0.500. The highest BCUT2D eigenvalue weighted by atomic mass is 32.1. The summed E-state index contributed by atoms with van der Waals surface area (Å²) in [6.45, 7) is 4.53. The number of rotatable bonds is 4. The van der Waals surface area contributed by atoms with Crippen molar-refractivity contribution < 1.29 is 19.1 Å². The topological polar surface area (TPSA) is 75.8 Å². The number of morpholine rings is 1. The second-order valence-electron chi connectivity index (χ2n) is 5.71. The Morgan fingerprint density at radius 2 is 2.39 bits per heavy atom. The first kappa shape index (κ1) is 16.2. The van der Waals surface area contributed by atoms with Crippen LogP contribution in [0.2, 0.25) is 0 Å². The summed E-state index contributed by atoms with van der Waals surface area (Å²) >= 11 is 1.55. The van der Waals surface area contributed by atoms with E-state index >= 15 is 0 Å². The second kappa shape index (κ2) is 6.82. The number of thiophene rings is 1. The van der Waals surface area contributed by atoms with E-state index in [-0.39, 0.29) is 31.1 Å². The van der Waals surface area contributed by atoms with Crippen LogP contribution >= 0.6 is 11.3 Å². The Hall–Kier alpha value is -1.70. The van der Waals surface area contributed by atoms with Crippen molar-refractivity contribution in [1.29, 1.82) is 0 Å². The molecule has 1 N–H and O–H groups in total. The standard InChI is InChI=1S/C16H20N2O4S/c1-10-9-21-12(8-19)7-18(10)15(20)6-13-11(2)22-16(17-13)14-4-3-5-23-14/h3-5,10,12,19H,6-9H2,1-2H3. The molecule has 1 fully saturated rings. The van der Waals surface area contributed by atoms with Gasteiger partial charge < -0.3 is 19.2 Å². The molecule has 124 valence electrons. The van der Waals surface area contributed by atoms with Gasteiger partial charge in [-0.15, -0.1) is 11.3 Å². The number of carbonyl (C=O) groups excluding carboxylic acids is 1. The molecule has 2 unspecified atom stereocenters. The molecule has 0 spiro atoms. The number of amides is 1. The van der Waals surface area contributed by atoms with E-state index in [1.165, 1.54) is 0 Å². The lowest BCUT2D eigenvalue weighted by atomic mass is 10.1. The summed E-state index contributed by atoms with van der Waals surface area (Å²) < 4.78 is 11.2. The lowest BCUT2D eigenvalue weighted by molar-refractivity contribution is -0.145. The van der Waals surface area contributed by atoms with Gasteiger partial charge in [0.1, 0.15) is 5.76 Å². The van der Waals surface area contributed by atoms with Gasteiger partial charge in [0.15, 0.2) is 0 Å². The van der Waals surface area contributed by atoms with Crippen LogP contribution in [0.5, 0.6) is 0 Å². The number of aromatic nitrogens is 1. The molecule has 3 heterocycles. The van der Waals surface area contributed by atoms with E-state index in [9.17, 15) is 9.90 Å². The molecule has 2 aromatic heterocycles. The molecule has 1 amide bonds. The lowest BCUT2D eigenvalue weighted by Crippen LogP contribution is -2.52. The van der Waals surface area contributed by atoms with E-state index < -0.39 is 0 Å². The highest BCUT2D eigenvalue weighted by molar-refractivity contribution is 7.13. The van der Waals surface area contributed by atoms with Crippen LogP contribution in [-0.4, -0.2) is 52.8 Å². The number of ether oxygens (including phenoxy) is 1. The van der Waals surface area contributed by atoms with Gasteiger partial charge >= 0.3 is 0 Å². The van der Waals surface area contributed by atoms with Crippen molar-refractivity contribution in [1.82, 2.24) is 9.88 Å². The van der Waals surface area contributed by atoms with Crippen LogP contribution in [0.15, 0.2) is 21.9 Å². The Kier molecular flexibility index (Phi) is 4.79. The monoisotopic (exact) mass is 336 g/mol. The summed E-state index contributed by atoms with van der Waals surface area (Å²) in [6, 6.07) is 3.88. The zero-order valence-electron chi connectivity index (χ0n) is 13.2. The van der Waals surface area contributed by atoms with Crippen LogP contribution in [-0.2, 0) is 16.0 Å². The molecule has 1 aliphatic rings. The number of oxazole rings is 1. The Morgan fingerprint density at radius 1 is 1.57 bits per heavy atom. The van der Waals surface area contributed by atoms with Crippen LogP contribution < -0.4 is 0 Å². The number of nitrogens with zero attached hydrogens (tertiary/aromatic N) is 2. The zero-order chi connectivity index (χ0) is 16.4. The average molecular weight is 336 g/mol. The van der Waals surface area contributed by atoms with Crippen LogP contribution in [0.25, 0.3) is 10.8 Å². The number of aryl methyl sites for hydroxylation is 1. The first-order valence-corrected chi connectivity index (χ1v) is 8.48. The van der Waals surface area contributed by atoms with Crippen molar-refractivity contribution >= 4 is 17.2 Å². The minimum Gasteiger partial charge on any atom is -0.440 e. The van der Waals surface area contributed by atoms with Crippen molar-refractivity contribution in [2.24, 2.45) is 0 Å². The van der Waals surface area contributed by atoms with Crippen molar-refractivity contribution in [3.63, 3.8) is 0 Å². The van der Waals surface area contributed by atoms with E-state index in [2.05, 4.69) is 4.98 Å². The van der Waals surface area contributed by atoms with Gasteiger partial charge in [0.05, 0.1) is 42.4 Å². The molecule has 0 bridgehead atoms. The summed E-state index contributed by atoms with van der Waals surface area (Å²) in [7, 11) is 0. The van der Waals surface area contributed by atoms with Crippen LogP contribution in [0.3, 0.4) is 0 Å². The van der Waals surface area contributed by atoms with Gasteiger partial charge in [-0.05, 0) is 25.3 Å². The third-order valence-electron chi connectivity index (χ3n) is 3.97. The molecule has 0 aromatic carbocycles. The maximum Gasteiger partial charge on any atom is 0.236 e. The summed E-state index contributed by atoms with van der Waals surface area (Å²) in [5, 5.41) is 11.2. The molecule has 0 saturated carbocycles. The van der Waals surface area contributed by atoms with Gasteiger partial charge in [0.2, 0.25) is 11.8 Å². The summed E-state index contributed by atoms with van der Waals surface area (Å²) in [5.74, 6) is 1.21. The van der Waals surface area contributed by atoms with Crippen molar-refractivity contribution in [3.8, 4) is 10.8 Å². The van der Waals surface area contributed by atoms with Gasteiger partial charge in [0, 0.05) is 6.54 Å². The Bertz CT molecular complexity index is 668. The molecule has 1 saturated heterocycles.